The van der Waals surface area contributed by atoms with Gasteiger partial charge in [0, 0.05) is 34.2 Å². The molecule has 0 aromatic heterocycles. The summed E-state index contributed by atoms with van der Waals surface area (Å²) in [6.45, 7) is 1.64. The Morgan fingerprint density at radius 3 is 2.26 bits per heavy atom. The molecule has 0 saturated carbocycles. The van der Waals surface area contributed by atoms with Crippen molar-refractivity contribution in [3.05, 3.63) is 99.9 Å². The summed E-state index contributed by atoms with van der Waals surface area (Å²) in [6, 6.07) is 8.71. The van der Waals surface area contributed by atoms with Gasteiger partial charge >= 0.3 is 5.97 Å². The van der Waals surface area contributed by atoms with Gasteiger partial charge in [-0.05, 0) is 37.5 Å². The first-order chi connectivity index (χ1) is 18.2. The molecule has 1 aliphatic heterocycles. The molecule has 1 N–H and O–H groups in total. The maximum absolute atomic E-state index is 14.8. The van der Waals surface area contributed by atoms with E-state index in [0.717, 1.165) is 6.07 Å². The van der Waals surface area contributed by atoms with E-state index in [1.54, 1.807) is 6.08 Å². The molecule has 2 aliphatic rings. The fraction of sp³-hybridized carbons (Fsp3) is 0.276. The second kappa shape index (κ2) is 10.3. The summed E-state index contributed by atoms with van der Waals surface area (Å²) in [4.78, 5) is 12.6. The summed E-state index contributed by atoms with van der Waals surface area (Å²) in [5.41, 5.74) is -0.0226. The molecule has 0 radical (unpaired) electrons. The summed E-state index contributed by atoms with van der Waals surface area (Å²) < 4.78 is 83.0. The van der Waals surface area contributed by atoms with Crippen LogP contribution in [-0.4, -0.2) is 23.8 Å². The Morgan fingerprint density at radius 1 is 0.947 bits per heavy atom. The second-order valence-corrected chi connectivity index (χ2v) is 9.38. The van der Waals surface area contributed by atoms with Crippen molar-refractivity contribution in [2.75, 3.05) is 6.61 Å². The molecule has 4 nitrogen and oxygen atoms in total. The highest BCUT2D eigenvalue weighted by Crippen LogP contribution is 2.37. The van der Waals surface area contributed by atoms with Gasteiger partial charge in [-0.25, -0.2) is 26.7 Å². The molecule has 3 unspecified atom stereocenters. The van der Waals surface area contributed by atoms with E-state index < -0.39 is 53.4 Å². The zero-order valence-corrected chi connectivity index (χ0v) is 20.2. The molecule has 3 aromatic rings. The van der Waals surface area contributed by atoms with E-state index in [0.29, 0.717) is 25.0 Å². The largest absolute Gasteiger partial charge is 0.458 e. The van der Waals surface area contributed by atoms with Crippen LogP contribution in [0, 0.1) is 29.1 Å². The monoisotopic (exact) mass is 530 g/mol. The third kappa shape index (κ3) is 4.96. The van der Waals surface area contributed by atoms with Gasteiger partial charge in [-0.2, -0.15) is 0 Å². The van der Waals surface area contributed by atoms with Gasteiger partial charge in [-0.3, -0.25) is 0 Å². The lowest BCUT2D eigenvalue weighted by Gasteiger charge is -2.23. The zero-order chi connectivity index (χ0) is 27.1. The number of hydrogen-bond acceptors (Lipinski definition) is 4. The number of halogens is 5. The number of hydrogen-bond donors (Lipinski definition) is 1. The molecule has 0 amide bonds. The number of epoxide rings is 1. The Morgan fingerprint density at radius 2 is 1.63 bits per heavy atom. The first-order valence-electron chi connectivity index (χ1n) is 12.1. The summed E-state index contributed by atoms with van der Waals surface area (Å²) in [5.74, 6) is -6.17. The number of esters is 1. The van der Waals surface area contributed by atoms with Crippen molar-refractivity contribution in [1.29, 1.82) is 0 Å². The van der Waals surface area contributed by atoms with E-state index in [-0.39, 0.29) is 39.8 Å². The van der Waals surface area contributed by atoms with Crippen LogP contribution in [0.3, 0.4) is 0 Å². The number of aliphatic hydroxyl groups excluding tert-OH is 1. The third-order valence-electron chi connectivity index (χ3n) is 6.83. The number of rotatable bonds is 6. The van der Waals surface area contributed by atoms with E-state index >= 15 is 0 Å². The van der Waals surface area contributed by atoms with Gasteiger partial charge in [0.05, 0.1) is 18.3 Å². The zero-order valence-electron chi connectivity index (χ0n) is 20.2. The molecule has 1 saturated heterocycles. The second-order valence-electron chi connectivity index (χ2n) is 9.38. The molecular formula is C29H23F5O4. The van der Waals surface area contributed by atoms with Crippen LogP contribution in [0.1, 0.15) is 65.4 Å². The number of benzene rings is 3. The molecule has 5 rings (SSSR count). The van der Waals surface area contributed by atoms with Crippen LogP contribution in [0.2, 0.25) is 0 Å². The normalized spacial score (nSPS) is 19.6. The minimum Gasteiger partial charge on any atom is -0.458 e. The van der Waals surface area contributed by atoms with Crippen molar-refractivity contribution in [2.24, 2.45) is 0 Å². The van der Waals surface area contributed by atoms with E-state index in [1.165, 1.54) is 43.3 Å². The lowest BCUT2D eigenvalue weighted by molar-refractivity contribution is 0.0284. The van der Waals surface area contributed by atoms with Crippen LogP contribution >= 0.6 is 0 Å². The van der Waals surface area contributed by atoms with E-state index in [4.69, 9.17) is 9.47 Å². The van der Waals surface area contributed by atoms with Crippen LogP contribution in [0.25, 0.3) is 16.7 Å². The quantitative estimate of drug-likeness (QED) is 0.213. The van der Waals surface area contributed by atoms with Gasteiger partial charge in [0.15, 0.2) is 23.3 Å². The predicted octanol–water partition coefficient (Wildman–Crippen LogP) is 6.97. The minimum atomic E-state index is -1.20. The maximum atomic E-state index is 14.8. The lowest BCUT2D eigenvalue weighted by atomic mass is 9.90. The van der Waals surface area contributed by atoms with E-state index in [9.17, 15) is 31.9 Å². The molecular weight excluding hydrogens is 507 g/mol. The third-order valence-corrected chi connectivity index (χ3v) is 6.83. The van der Waals surface area contributed by atoms with Gasteiger partial charge in [-0.15, -0.1) is 0 Å². The van der Waals surface area contributed by atoms with Gasteiger partial charge in [-0.1, -0.05) is 36.4 Å². The number of aliphatic hydroxyl groups is 1. The molecule has 1 fully saturated rings. The number of ether oxygens (including phenoxy) is 2. The average molecular weight is 530 g/mol. The number of carbonyl (C=O) groups is 1. The van der Waals surface area contributed by atoms with Crippen LogP contribution < -0.4 is 0 Å². The van der Waals surface area contributed by atoms with E-state index in [1.807, 2.05) is 0 Å². The van der Waals surface area contributed by atoms with Crippen molar-refractivity contribution < 1.29 is 41.3 Å². The van der Waals surface area contributed by atoms with Crippen molar-refractivity contribution >= 4 is 11.5 Å². The van der Waals surface area contributed by atoms with Gasteiger partial charge in [0.25, 0.3) is 0 Å². The maximum Gasteiger partial charge on any atom is 0.338 e. The molecule has 1 heterocycles. The van der Waals surface area contributed by atoms with Crippen LogP contribution in [0.4, 0.5) is 22.0 Å². The first kappa shape index (κ1) is 26.1. The fourth-order valence-corrected chi connectivity index (χ4v) is 4.63. The topological polar surface area (TPSA) is 59.1 Å². The Hall–Kier alpha value is -3.56. The van der Waals surface area contributed by atoms with Crippen LogP contribution in [0.15, 0.2) is 48.5 Å². The van der Waals surface area contributed by atoms with Gasteiger partial charge in [0.2, 0.25) is 0 Å². The summed E-state index contributed by atoms with van der Waals surface area (Å²) in [6.07, 6.45) is 0.316. The Labute approximate surface area is 215 Å². The molecule has 3 aromatic carbocycles. The minimum absolute atomic E-state index is 0.0705. The number of carbonyl (C=O) groups excluding carboxylic acids is 1. The molecule has 0 bridgehead atoms. The highest BCUT2D eigenvalue weighted by molar-refractivity contribution is 5.90. The Kier molecular flexibility index (Phi) is 7.07. The molecule has 0 spiro atoms. The van der Waals surface area contributed by atoms with Crippen molar-refractivity contribution in [1.82, 2.24) is 0 Å². The van der Waals surface area contributed by atoms with Crippen molar-refractivity contribution in [3.63, 3.8) is 0 Å². The molecule has 3 atom stereocenters. The molecule has 38 heavy (non-hydrogen) atoms. The van der Waals surface area contributed by atoms with Gasteiger partial charge in [0.1, 0.15) is 18.0 Å². The smallest absolute Gasteiger partial charge is 0.338 e. The highest BCUT2D eigenvalue weighted by Gasteiger charge is 2.31. The predicted molar refractivity (Wildman–Crippen MR) is 128 cm³/mol. The van der Waals surface area contributed by atoms with Crippen LogP contribution in [0.5, 0.6) is 0 Å². The lowest BCUT2D eigenvalue weighted by Crippen LogP contribution is -2.20. The summed E-state index contributed by atoms with van der Waals surface area (Å²) >= 11 is 0. The first-order valence-corrected chi connectivity index (χ1v) is 12.1. The molecule has 9 heteroatoms. The Balaban J connectivity index is 1.27. The molecule has 1 aliphatic carbocycles. The fourth-order valence-electron chi connectivity index (χ4n) is 4.63. The average Bonchev–Trinajstić information content (AvgIpc) is 3.73. The Bertz CT molecular complexity index is 1450. The van der Waals surface area contributed by atoms with Crippen molar-refractivity contribution in [3.8, 4) is 11.1 Å². The highest BCUT2D eigenvalue weighted by atomic mass is 19.2. The van der Waals surface area contributed by atoms with E-state index in [2.05, 4.69) is 0 Å². The van der Waals surface area contributed by atoms with Crippen molar-refractivity contribution in [2.45, 2.75) is 44.5 Å². The summed E-state index contributed by atoms with van der Waals surface area (Å²) in [7, 11) is 0. The SMILES string of the molecule is CC(O)c1ccc(C2=CCC(OC(=O)c3ccc(-c4ccc(C5CO5)c(F)c4F)c(F)c3)CC2)c(F)c1F. The van der Waals surface area contributed by atoms with Crippen LogP contribution in [-0.2, 0) is 9.47 Å². The molecule has 198 valence electrons. The summed E-state index contributed by atoms with van der Waals surface area (Å²) in [5, 5.41) is 9.56. The standard InChI is InChI=1S/C29H23F5O4/c1-14(35)18-8-9-19(26(32)25(18)31)15-2-5-17(6-3-15)38-29(36)16-4-7-20(23(30)12-16)21-10-11-22(24-13-37-24)28(34)27(21)33/h2,4,7-12,14,17,24,35H,3,5-6,13H2,1H3. The number of allylic oxidation sites excluding steroid dienone is 1. The van der Waals surface area contributed by atoms with Gasteiger partial charge < -0.3 is 14.6 Å².